The molecule has 3 heteroatoms. The summed E-state index contributed by atoms with van der Waals surface area (Å²) in [7, 11) is 1.36. The zero-order valence-corrected chi connectivity index (χ0v) is 9.41. The Kier molecular flexibility index (Phi) is 4.16. The summed E-state index contributed by atoms with van der Waals surface area (Å²) >= 11 is 0. The van der Waals surface area contributed by atoms with E-state index >= 15 is 0 Å². The number of hydrogen-bond donors (Lipinski definition) is 1. The van der Waals surface area contributed by atoms with Gasteiger partial charge in [0, 0.05) is 7.97 Å². The number of nitrogens with one attached hydrogen (secondary N) is 1. The van der Waals surface area contributed by atoms with Crippen molar-refractivity contribution in [2.75, 3.05) is 7.11 Å². The first-order chi connectivity index (χ1) is 7.13. The minimum Gasteiger partial charge on any atom is -0.453 e. The van der Waals surface area contributed by atoms with Gasteiger partial charge in [-0.3, -0.25) is 0 Å². The average molecular weight is 209 g/mol. The Bertz CT molecular complexity index is 340. The monoisotopic (exact) mass is 209 g/mol. The predicted molar refractivity (Wildman–Crippen MR) is 61.9 cm³/mol. The Hall–Kier alpha value is -1.51. The molecule has 0 atom stereocenters. The molecule has 15 heavy (non-hydrogen) atoms. The van der Waals surface area contributed by atoms with Crippen LogP contribution < -0.4 is 5.32 Å². The molecule has 1 amide bonds. The van der Waals surface area contributed by atoms with Crippen molar-refractivity contribution >= 4 is 6.09 Å². The van der Waals surface area contributed by atoms with Crippen LogP contribution in [0.2, 0.25) is 0 Å². The highest BCUT2D eigenvalue weighted by Gasteiger charge is 2.02. The zero-order chi connectivity index (χ0) is 11.3. The summed E-state index contributed by atoms with van der Waals surface area (Å²) in [6, 6.07) is 8.18. The van der Waals surface area contributed by atoms with Gasteiger partial charge in [0.15, 0.2) is 0 Å². The molecule has 1 aromatic rings. The summed E-state index contributed by atoms with van der Waals surface area (Å²) < 4.78 is 4.50. The van der Waals surface area contributed by atoms with E-state index in [4.69, 9.17) is 0 Å². The van der Waals surface area contributed by atoms with Crippen molar-refractivity contribution in [3.63, 3.8) is 0 Å². The first-order valence-corrected chi connectivity index (χ1v) is 5.04. The van der Waals surface area contributed by atoms with E-state index < -0.39 is 6.09 Å². The molecule has 0 saturated carbocycles. The van der Waals surface area contributed by atoms with E-state index in [1.807, 2.05) is 12.1 Å². The van der Waals surface area contributed by atoms with Gasteiger partial charge in [0.05, 0.1) is 7.11 Å². The van der Waals surface area contributed by atoms with Gasteiger partial charge in [0.2, 0.25) is 0 Å². The second-order valence-corrected chi connectivity index (χ2v) is 3.74. The highest BCUT2D eigenvalue weighted by atomic mass is 16.5. The van der Waals surface area contributed by atoms with Crippen LogP contribution in [-0.2, 0) is 11.3 Å². The maximum atomic E-state index is 10.9. The van der Waals surface area contributed by atoms with Crippen molar-refractivity contribution in [3.8, 4) is 0 Å². The molecule has 3 nitrogen and oxygen atoms in total. The van der Waals surface area contributed by atoms with Crippen LogP contribution in [0.4, 0.5) is 4.79 Å². The van der Waals surface area contributed by atoms with E-state index in [0.29, 0.717) is 12.5 Å². The molecule has 0 bridgehead atoms. The number of carbonyl (C=O) groups is 1. The van der Waals surface area contributed by atoms with E-state index in [1.165, 1.54) is 12.7 Å². The summed E-state index contributed by atoms with van der Waals surface area (Å²) in [6.45, 7) is 4.80. The summed E-state index contributed by atoms with van der Waals surface area (Å²) in [6.07, 6.45) is -0.398. The van der Waals surface area contributed by atoms with E-state index in [-0.39, 0.29) is 1.43 Å². The van der Waals surface area contributed by atoms with Crippen LogP contribution >= 0.6 is 0 Å². The largest absolute Gasteiger partial charge is 0.453 e. The van der Waals surface area contributed by atoms with Crippen molar-refractivity contribution in [1.82, 2.24) is 5.32 Å². The molecular weight excluding hydrogens is 190 g/mol. The van der Waals surface area contributed by atoms with Gasteiger partial charge < -0.3 is 10.1 Å². The van der Waals surface area contributed by atoms with E-state index in [2.05, 4.69) is 36.0 Å². The van der Waals surface area contributed by atoms with Crippen LogP contribution in [0.25, 0.3) is 0 Å². The molecule has 0 aromatic heterocycles. The molecule has 0 aliphatic carbocycles. The number of ether oxygens (including phenoxy) is 1. The number of rotatable bonds is 3. The highest BCUT2D eigenvalue weighted by molar-refractivity contribution is 5.66. The standard InChI is InChI=1S/C12H17NO2.H2/c1-9(2)11-6-4-5-10(7-11)8-13-12(14)15-3;/h4-7,9H,8H2,1-3H3,(H,13,14);1H. The van der Waals surface area contributed by atoms with Crippen LogP contribution in [-0.4, -0.2) is 13.2 Å². The smallest absolute Gasteiger partial charge is 0.407 e. The Labute approximate surface area is 91.9 Å². The molecule has 0 saturated heterocycles. The van der Waals surface area contributed by atoms with Crippen LogP contribution in [0.1, 0.15) is 32.3 Å². The molecule has 0 unspecified atom stereocenters. The molecule has 1 aromatic carbocycles. The molecule has 0 radical (unpaired) electrons. The number of alkyl carbamates (subject to hydrolysis) is 1. The lowest BCUT2D eigenvalue weighted by Crippen LogP contribution is -2.22. The molecule has 0 spiro atoms. The third-order valence-corrected chi connectivity index (χ3v) is 2.24. The lowest BCUT2D eigenvalue weighted by molar-refractivity contribution is 0.170. The second kappa shape index (κ2) is 5.39. The minimum atomic E-state index is -0.398. The molecule has 1 N–H and O–H groups in total. The Morgan fingerprint density at radius 2 is 2.27 bits per heavy atom. The van der Waals surface area contributed by atoms with Gasteiger partial charge in [0.1, 0.15) is 0 Å². The molecule has 84 valence electrons. The van der Waals surface area contributed by atoms with Gasteiger partial charge in [-0.05, 0) is 17.0 Å². The molecule has 0 aliphatic heterocycles. The first-order valence-electron chi connectivity index (χ1n) is 5.04. The predicted octanol–water partition coefficient (Wildman–Crippen LogP) is 2.91. The van der Waals surface area contributed by atoms with Gasteiger partial charge >= 0.3 is 6.09 Å². The van der Waals surface area contributed by atoms with Crippen LogP contribution in [0.5, 0.6) is 0 Å². The number of amides is 1. The van der Waals surface area contributed by atoms with E-state index in [1.54, 1.807) is 0 Å². The maximum Gasteiger partial charge on any atom is 0.407 e. The van der Waals surface area contributed by atoms with Gasteiger partial charge in [0.25, 0.3) is 0 Å². The van der Waals surface area contributed by atoms with Gasteiger partial charge in [-0.2, -0.15) is 0 Å². The van der Waals surface area contributed by atoms with Crippen molar-refractivity contribution in [1.29, 1.82) is 0 Å². The van der Waals surface area contributed by atoms with Crippen molar-refractivity contribution in [2.24, 2.45) is 0 Å². The molecule has 0 aliphatic rings. The highest BCUT2D eigenvalue weighted by Crippen LogP contribution is 2.15. The van der Waals surface area contributed by atoms with E-state index in [0.717, 1.165) is 5.56 Å². The number of methoxy groups -OCH3 is 1. The Balaban J connectivity index is 0.00000225. The number of hydrogen-bond acceptors (Lipinski definition) is 2. The first kappa shape index (κ1) is 11.6. The molecule has 1 rings (SSSR count). The molecule has 0 heterocycles. The second-order valence-electron chi connectivity index (χ2n) is 3.74. The molecular formula is C12H19NO2. The molecule has 0 fully saturated rings. The summed E-state index contributed by atoms with van der Waals surface area (Å²) in [4.78, 5) is 10.9. The minimum absolute atomic E-state index is 0. The van der Waals surface area contributed by atoms with Crippen molar-refractivity contribution < 1.29 is 11.0 Å². The SMILES string of the molecule is COC(=O)NCc1cccc(C(C)C)c1.[HH]. The number of benzene rings is 1. The number of carbonyl (C=O) groups excluding carboxylic acids is 1. The van der Waals surface area contributed by atoms with Gasteiger partial charge in [-0.15, -0.1) is 0 Å². The quantitative estimate of drug-likeness (QED) is 0.831. The van der Waals surface area contributed by atoms with Crippen molar-refractivity contribution in [3.05, 3.63) is 35.4 Å². The summed E-state index contributed by atoms with van der Waals surface area (Å²) in [5.41, 5.74) is 2.37. The van der Waals surface area contributed by atoms with Crippen LogP contribution in [0.3, 0.4) is 0 Å². The van der Waals surface area contributed by atoms with Crippen molar-refractivity contribution in [2.45, 2.75) is 26.3 Å². The third kappa shape index (κ3) is 3.62. The van der Waals surface area contributed by atoms with Gasteiger partial charge in [-0.25, -0.2) is 4.79 Å². The topological polar surface area (TPSA) is 38.3 Å². The lowest BCUT2D eigenvalue weighted by Gasteiger charge is -2.08. The fourth-order valence-corrected chi connectivity index (χ4v) is 1.31. The summed E-state index contributed by atoms with van der Waals surface area (Å²) in [5.74, 6) is 0.503. The average Bonchev–Trinajstić information content (AvgIpc) is 2.26. The normalized spacial score (nSPS) is 10.1. The zero-order valence-electron chi connectivity index (χ0n) is 9.41. The maximum absolute atomic E-state index is 10.9. The van der Waals surface area contributed by atoms with Gasteiger partial charge in [-0.1, -0.05) is 38.1 Å². The fourth-order valence-electron chi connectivity index (χ4n) is 1.31. The van der Waals surface area contributed by atoms with E-state index in [9.17, 15) is 4.79 Å². The third-order valence-electron chi connectivity index (χ3n) is 2.24. The Morgan fingerprint density at radius 3 is 2.87 bits per heavy atom. The fraction of sp³-hybridized carbons (Fsp3) is 0.417. The lowest BCUT2D eigenvalue weighted by atomic mass is 10.0. The Morgan fingerprint density at radius 1 is 1.53 bits per heavy atom. The van der Waals surface area contributed by atoms with Crippen LogP contribution in [0, 0.1) is 0 Å². The summed E-state index contributed by atoms with van der Waals surface area (Å²) in [5, 5.41) is 2.65. The van der Waals surface area contributed by atoms with Crippen LogP contribution in [0.15, 0.2) is 24.3 Å².